The number of nitrogens with zero attached hydrogens (tertiary/aromatic N) is 4. The van der Waals surface area contributed by atoms with E-state index in [0.717, 1.165) is 0 Å². The third kappa shape index (κ3) is 2.84. The van der Waals surface area contributed by atoms with Gasteiger partial charge in [0, 0.05) is 46.3 Å². The number of carbonyl (C=O) groups is 1. The number of carbonyl (C=O) groups excluding carboxylic acids is 1. The van der Waals surface area contributed by atoms with Gasteiger partial charge in [0.05, 0.1) is 0 Å². The normalized spacial score (nSPS) is 17.7. The van der Waals surface area contributed by atoms with Crippen LogP contribution in [-0.4, -0.2) is 73.3 Å². The van der Waals surface area contributed by atoms with Crippen molar-refractivity contribution in [1.29, 1.82) is 0 Å². The maximum Gasteiger partial charge on any atom is 0.281 e. The first-order chi connectivity index (χ1) is 9.32. The quantitative estimate of drug-likeness (QED) is 0.754. The molecule has 1 aromatic rings. The average molecular weight is 302 g/mol. The van der Waals surface area contributed by atoms with Crippen LogP contribution in [0.25, 0.3) is 0 Å². The third-order valence-corrected chi connectivity index (χ3v) is 5.10. The molecule has 1 aromatic heterocycles. The molecule has 0 bridgehead atoms. The number of piperazine rings is 1. The minimum atomic E-state index is -3.42. The molecular formula is C11H18N4O4S. The van der Waals surface area contributed by atoms with Gasteiger partial charge >= 0.3 is 0 Å². The first-order valence-electron chi connectivity index (χ1n) is 6.22. The lowest BCUT2D eigenvalue weighted by Gasteiger charge is -2.34. The minimum Gasteiger partial charge on any atom is -0.361 e. The van der Waals surface area contributed by atoms with Crippen LogP contribution in [0, 0.1) is 6.92 Å². The number of hydrogen-bond donors (Lipinski definition) is 0. The molecule has 1 fully saturated rings. The minimum absolute atomic E-state index is 0.233. The predicted molar refractivity (Wildman–Crippen MR) is 71.3 cm³/mol. The van der Waals surface area contributed by atoms with Crippen LogP contribution in [0.15, 0.2) is 10.6 Å². The number of rotatable bonds is 3. The molecule has 2 rings (SSSR count). The Kier molecular flexibility index (Phi) is 4.11. The van der Waals surface area contributed by atoms with Crippen LogP contribution in [0.2, 0.25) is 0 Å². The summed E-state index contributed by atoms with van der Waals surface area (Å²) in [4.78, 5) is 13.7. The van der Waals surface area contributed by atoms with Crippen molar-refractivity contribution in [3.8, 4) is 0 Å². The van der Waals surface area contributed by atoms with E-state index < -0.39 is 10.2 Å². The molecule has 0 saturated carbocycles. The van der Waals surface area contributed by atoms with Gasteiger partial charge in [-0.2, -0.15) is 17.0 Å². The zero-order chi connectivity index (χ0) is 14.9. The van der Waals surface area contributed by atoms with E-state index in [1.807, 2.05) is 0 Å². The van der Waals surface area contributed by atoms with Crippen molar-refractivity contribution in [2.24, 2.45) is 0 Å². The van der Waals surface area contributed by atoms with Gasteiger partial charge in [-0.3, -0.25) is 4.79 Å². The Balaban J connectivity index is 2.00. The van der Waals surface area contributed by atoms with Crippen LogP contribution in [0.3, 0.4) is 0 Å². The molecule has 9 heteroatoms. The second-order valence-electron chi connectivity index (χ2n) is 4.80. The van der Waals surface area contributed by atoms with Crippen molar-refractivity contribution in [3.05, 3.63) is 17.5 Å². The van der Waals surface area contributed by atoms with Gasteiger partial charge < -0.3 is 9.42 Å². The predicted octanol–water partition coefficient (Wildman–Crippen LogP) is -0.453. The van der Waals surface area contributed by atoms with Crippen molar-refractivity contribution in [3.63, 3.8) is 0 Å². The molecule has 1 saturated heterocycles. The first kappa shape index (κ1) is 14.9. The smallest absolute Gasteiger partial charge is 0.281 e. The van der Waals surface area contributed by atoms with Crippen LogP contribution >= 0.6 is 0 Å². The van der Waals surface area contributed by atoms with E-state index >= 15 is 0 Å². The summed E-state index contributed by atoms with van der Waals surface area (Å²) in [7, 11) is -0.433. The Hall–Kier alpha value is -1.45. The first-order valence-corrected chi connectivity index (χ1v) is 7.62. The maximum absolute atomic E-state index is 12.1. The van der Waals surface area contributed by atoms with Crippen LogP contribution in [0.4, 0.5) is 0 Å². The van der Waals surface area contributed by atoms with Gasteiger partial charge in [-0.25, -0.2) is 0 Å². The van der Waals surface area contributed by atoms with Crippen molar-refractivity contribution < 1.29 is 17.7 Å². The largest absolute Gasteiger partial charge is 0.361 e. The second kappa shape index (κ2) is 5.51. The summed E-state index contributed by atoms with van der Waals surface area (Å²) in [6.07, 6.45) is 0. The fraction of sp³-hybridized carbons (Fsp3) is 0.636. The van der Waals surface area contributed by atoms with Crippen LogP contribution < -0.4 is 0 Å². The molecule has 1 amide bonds. The third-order valence-electron chi connectivity index (χ3n) is 3.16. The molecule has 0 spiro atoms. The number of hydrogen-bond acceptors (Lipinski definition) is 5. The molecule has 1 aliphatic rings. The summed E-state index contributed by atoms with van der Waals surface area (Å²) in [6, 6.07) is 1.57. The zero-order valence-electron chi connectivity index (χ0n) is 11.7. The summed E-state index contributed by atoms with van der Waals surface area (Å²) in [6.45, 7) is 2.97. The summed E-state index contributed by atoms with van der Waals surface area (Å²) >= 11 is 0. The molecule has 8 nitrogen and oxygen atoms in total. The zero-order valence-corrected chi connectivity index (χ0v) is 12.6. The molecule has 2 heterocycles. The Morgan fingerprint density at radius 1 is 1.30 bits per heavy atom. The Morgan fingerprint density at radius 2 is 1.90 bits per heavy atom. The van der Waals surface area contributed by atoms with E-state index in [2.05, 4.69) is 5.16 Å². The summed E-state index contributed by atoms with van der Waals surface area (Å²) < 4.78 is 31.3. The van der Waals surface area contributed by atoms with Crippen LogP contribution in [-0.2, 0) is 10.2 Å². The maximum atomic E-state index is 12.1. The fourth-order valence-corrected chi connectivity index (χ4v) is 3.07. The molecule has 20 heavy (non-hydrogen) atoms. The number of aryl methyl sites for hydroxylation is 1. The van der Waals surface area contributed by atoms with Gasteiger partial charge in [0.15, 0.2) is 5.69 Å². The Labute approximate surface area is 118 Å². The van der Waals surface area contributed by atoms with E-state index in [4.69, 9.17) is 4.52 Å². The molecule has 0 N–H and O–H groups in total. The lowest BCUT2D eigenvalue weighted by Crippen LogP contribution is -2.53. The number of aromatic nitrogens is 1. The molecule has 0 radical (unpaired) electrons. The Morgan fingerprint density at radius 3 is 2.35 bits per heavy atom. The molecule has 1 aliphatic heterocycles. The van der Waals surface area contributed by atoms with Crippen molar-refractivity contribution in [2.45, 2.75) is 6.92 Å². The average Bonchev–Trinajstić information content (AvgIpc) is 2.84. The van der Waals surface area contributed by atoms with Crippen LogP contribution in [0.5, 0.6) is 0 Å². The van der Waals surface area contributed by atoms with Gasteiger partial charge in [-0.05, 0) is 6.92 Å². The monoisotopic (exact) mass is 302 g/mol. The van der Waals surface area contributed by atoms with E-state index in [9.17, 15) is 13.2 Å². The molecule has 0 atom stereocenters. The molecular weight excluding hydrogens is 284 g/mol. The summed E-state index contributed by atoms with van der Waals surface area (Å²) in [5.74, 6) is 0.339. The van der Waals surface area contributed by atoms with Crippen molar-refractivity contribution in [2.75, 3.05) is 40.3 Å². The standard InChI is InChI=1S/C11H18N4O4S/c1-9-8-10(12-19-9)11(16)14-4-6-15(7-5-14)20(17,18)13(2)3/h8H,4-7H2,1-3H3. The topological polar surface area (TPSA) is 87.0 Å². The van der Waals surface area contributed by atoms with Crippen molar-refractivity contribution >= 4 is 16.1 Å². The lowest BCUT2D eigenvalue weighted by molar-refractivity contribution is 0.0685. The summed E-state index contributed by atoms with van der Waals surface area (Å²) in [5.41, 5.74) is 0.256. The molecule has 0 unspecified atom stereocenters. The highest BCUT2D eigenvalue weighted by Gasteiger charge is 2.31. The van der Waals surface area contributed by atoms with E-state index in [-0.39, 0.29) is 24.7 Å². The highest BCUT2D eigenvalue weighted by Crippen LogP contribution is 2.12. The van der Waals surface area contributed by atoms with Gasteiger partial charge in [0.2, 0.25) is 0 Å². The highest BCUT2D eigenvalue weighted by molar-refractivity contribution is 7.86. The molecule has 0 aromatic carbocycles. The molecule has 112 valence electrons. The van der Waals surface area contributed by atoms with Gasteiger partial charge in [-0.1, -0.05) is 5.16 Å². The Bertz CT molecular complexity index is 587. The van der Waals surface area contributed by atoms with E-state index in [0.29, 0.717) is 18.8 Å². The molecule has 0 aliphatic carbocycles. The van der Waals surface area contributed by atoms with E-state index in [1.165, 1.54) is 22.7 Å². The second-order valence-corrected chi connectivity index (χ2v) is 6.95. The lowest BCUT2D eigenvalue weighted by atomic mass is 10.3. The van der Waals surface area contributed by atoms with Gasteiger partial charge in [-0.15, -0.1) is 0 Å². The SMILES string of the molecule is Cc1cc(C(=O)N2CCN(S(=O)(=O)N(C)C)CC2)no1. The fourth-order valence-electron chi connectivity index (χ4n) is 1.98. The highest BCUT2D eigenvalue weighted by atomic mass is 32.2. The van der Waals surface area contributed by atoms with Gasteiger partial charge in [0.1, 0.15) is 5.76 Å². The van der Waals surface area contributed by atoms with E-state index in [1.54, 1.807) is 17.9 Å². The van der Waals surface area contributed by atoms with Crippen molar-refractivity contribution in [1.82, 2.24) is 18.7 Å². The van der Waals surface area contributed by atoms with Gasteiger partial charge in [0.25, 0.3) is 16.1 Å². The van der Waals surface area contributed by atoms with Crippen LogP contribution in [0.1, 0.15) is 16.2 Å². The summed E-state index contributed by atoms with van der Waals surface area (Å²) in [5, 5.41) is 3.68. The number of amides is 1.